The summed E-state index contributed by atoms with van der Waals surface area (Å²) in [5.41, 5.74) is 3.87. The van der Waals surface area contributed by atoms with Crippen molar-refractivity contribution in [1.82, 2.24) is 10.5 Å². The van der Waals surface area contributed by atoms with E-state index < -0.39 is 0 Å². The summed E-state index contributed by atoms with van der Waals surface area (Å²) in [4.78, 5) is 20.4. The SMILES string of the molecule is COC(=O)CC1CC(c2ccc(Cl)nc2)NO1. The molecule has 0 radical (unpaired) electrons. The number of hydrogen-bond acceptors (Lipinski definition) is 5. The minimum Gasteiger partial charge on any atom is -0.469 e. The molecule has 2 atom stereocenters. The van der Waals surface area contributed by atoms with E-state index in [1.54, 1.807) is 12.3 Å². The van der Waals surface area contributed by atoms with Gasteiger partial charge in [-0.25, -0.2) is 4.98 Å². The van der Waals surface area contributed by atoms with Crippen molar-refractivity contribution in [2.24, 2.45) is 0 Å². The monoisotopic (exact) mass is 256 g/mol. The number of aromatic nitrogens is 1. The van der Waals surface area contributed by atoms with Crippen LogP contribution in [0.5, 0.6) is 0 Å². The zero-order valence-electron chi connectivity index (χ0n) is 9.35. The summed E-state index contributed by atoms with van der Waals surface area (Å²) in [5.74, 6) is -0.272. The number of rotatable bonds is 3. The van der Waals surface area contributed by atoms with E-state index in [0.717, 1.165) is 5.56 Å². The van der Waals surface area contributed by atoms with Crippen LogP contribution in [0.1, 0.15) is 24.4 Å². The molecule has 5 nitrogen and oxygen atoms in total. The van der Waals surface area contributed by atoms with Gasteiger partial charge in [0.25, 0.3) is 0 Å². The van der Waals surface area contributed by atoms with Gasteiger partial charge in [-0.15, -0.1) is 0 Å². The largest absolute Gasteiger partial charge is 0.469 e. The first-order chi connectivity index (χ1) is 8.19. The molecule has 6 heteroatoms. The summed E-state index contributed by atoms with van der Waals surface area (Å²) in [6.45, 7) is 0. The van der Waals surface area contributed by atoms with Crippen LogP contribution in [0.15, 0.2) is 18.3 Å². The van der Waals surface area contributed by atoms with Gasteiger partial charge >= 0.3 is 5.97 Å². The Morgan fingerprint density at radius 3 is 3.18 bits per heavy atom. The number of hydroxylamine groups is 1. The van der Waals surface area contributed by atoms with Gasteiger partial charge in [-0.1, -0.05) is 17.7 Å². The second-order valence-electron chi connectivity index (χ2n) is 3.84. The maximum atomic E-state index is 11.1. The van der Waals surface area contributed by atoms with Crippen molar-refractivity contribution in [3.63, 3.8) is 0 Å². The molecular formula is C11H13ClN2O3. The van der Waals surface area contributed by atoms with Gasteiger partial charge in [-0.2, -0.15) is 5.48 Å². The van der Waals surface area contributed by atoms with Crippen LogP contribution >= 0.6 is 11.6 Å². The molecule has 1 aromatic rings. The van der Waals surface area contributed by atoms with E-state index in [0.29, 0.717) is 11.6 Å². The Morgan fingerprint density at radius 1 is 1.71 bits per heavy atom. The van der Waals surface area contributed by atoms with Crippen LogP contribution in [0.3, 0.4) is 0 Å². The van der Waals surface area contributed by atoms with Gasteiger partial charge < -0.3 is 4.74 Å². The molecular weight excluding hydrogens is 244 g/mol. The van der Waals surface area contributed by atoms with Crippen LogP contribution in [0, 0.1) is 0 Å². The van der Waals surface area contributed by atoms with Crippen LogP contribution in [-0.2, 0) is 14.4 Å². The molecule has 1 aliphatic heterocycles. The van der Waals surface area contributed by atoms with Crippen molar-refractivity contribution in [3.8, 4) is 0 Å². The summed E-state index contributed by atoms with van der Waals surface area (Å²) in [6.07, 6.45) is 2.49. The highest BCUT2D eigenvalue weighted by Crippen LogP contribution is 2.26. The van der Waals surface area contributed by atoms with Crippen molar-refractivity contribution >= 4 is 17.6 Å². The summed E-state index contributed by atoms with van der Waals surface area (Å²) in [6, 6.07) is 3.65. The summed E-state index contributed by atoms with van der Waals surface area (Å²) in [7, 11) is 1.37. The lowest BCUT2D eigenvalue weighted by molar-refractivity contribution is -0.143. The van der Waals surface area contributed by atoms with Crippen molar-refractivity contribution in [1.29, 1.82) is 0 Å². The van der Waals surface area contributed by atoms with E-state index in [2.05, 4.69) is 15.2 Å². The van der Waals surface area contributed by atoms with Gasteiger partial charge in [-0.05, 0) is 18.1 Å². The zero-order valence-corrected chi connectivity index (χ0v) is 10.1. The fraction of sp³-hybridized carbons (Fsp3) is 0.455. The fourth-order valence-corrected chi connectivity index (χ4v) is 1.84. The van der Waals surface area contributed by atoms with Gasteiger partial charge in [0.05, 0.1) is 25.7 Å². The minimum absolute atomic E-state index is 0.0365. The average Bonchev–Trinajstić information content (AvgIpc) is 2.78. The van der Waals surface area contributed by atoms with Crippen LogP contribution in [-0.4, -0.2) is 24.2 Å². The quantitative estimate of drug-likeness (QED) is 0.658. The Kier molecular flexibility index (Phi) is 3.93. The number of methoxy groups -OCH3 is 1. The minimum atomic E-state index is -0.272. The molecule has 0 aromatic carbocycles. The molecule has 0 amide bonds. The first-order valence-electron chi connectivity index (χ1n) is 5.28. The Labute approximate surface area is 104 Å². The van der Waals surface area contributed by atoms with E-state index in [4.69, 9.17) is 16.4 Å². The number of pyridine rings is 1. The maximum Gasteiger partial charge on any atom is 0.308 e. The molecule has 1 N–H and O–H groups in total. The normalized spacial score (nSPS) is 23.6. The highest BCUT2D eigenvalue weighted by Gasteiger charge is 2.28. The van der Waals surface area contributed by atoms with Crippen LogP contribution in [0.2, 0.25) is 5.15 Å². The number of hydrogen-bond donors (Lipinski definition) is 1. The molecule has 0 aliphatic carbocycles. The smallest absolute Gasteiger partial charge is 0.308 e. The van der Waals surface area contributed by atoms with E-state index in [9.17, 15) is 4.79 Å². The Balaban J connectivity index is 1.93. The molecule has 0 bridgehead atoms. The van der Waals surface area contributed by atoms with E-state index in [1.165, 1.54) is 7.11 Å². The van der Waals surface area contributed by atoms with Crippen molar-refractivity contribution in [2.75, 3.05) is 7.11 Å². The number of ether oxygens (including phenoxy) is 1. The molecule has 2 rings (SSSR count). The van der Waals surface area contributed by atoms with Crippen LogP contribution in [0.25, 0.3) is 0 Å². The first-order valence-corrected chi connectivity index (χ1v) is 5.66. The number of carbonyl (C=O) groups excluding carboxylic acids is 1. The number of esters is 1. The van der Waals surface area contributed by atoms with E-state index >= 15 is 0 Å². The van der Waals surface area contributed by atoms with Crippen LogP contribution in [0.4, 0.5) is 0 Å². The van der Waals surface area contributed by atoms with Gasteiger partial charge in [0, 0.05) is 6.20 Å². The predicted molar refractivity (Wildman–Crippen MR) is 61.2 cm³/mol. The standard InChI is InChI=1S/C11H13ClN2O3/c1-16-11(15)5-8-4-9(14-17-8)7-2-3-10(12)13-6-7/h2-3,6,8-9,14H,4-5H2,1H3. The third-order valence-corrected chi connectivity index (χ3v) is 2.87. The van der Waals surface area contributed by atoms with Gasteiger partial charge in [0.2, 0.25) is 0 Å². The lowest BCUT2D eigenvalue weighted by atomic mass is 10.0. The lowest BCUT2D eigenvalue weighted by Crippen LogP contribution is -2.15. The molecule has 17 heavy (non-hydrogen) atoms. The van der Waals surface area contributed by atoms with Gasteiger partial charge in [0.1, 0.15) is 5.15 Å². The van der Waals surface area contributed by atoms with Crippen LogP contribution < -0.4 is 5.48 Å². The van der Waals surface area contributed by atoms with Crippen molar-refractivity contribution in [3.05, 3.63) is 29.0 Å². The topological polar surface area (TPSA) is 60.5 Å². The van der Waals surface area contributed by atoms with E-state index in [-0.39, 0.29) is 24.5 Å². The molecule has 92 valence electrons. The Morgan fingerprint density at radius 2 is 2.53 bits per heavy atom. The highest BCUT2D eigenvalue weighted by molar-refractivity contribution is 6.29. The van der Waals surface area contributed by atoms with E-state index in [1.807, 2.05) is 6.07 Å². The molecule has 1 aliphatic rings. The number of nitrogens with zero attached hydrogens (tertiary/aromatic N) is 1. The van der Waals surface area contributed by atoms with Gasteiger partial charge in [-0.3, -0.25) is 9.63 Å². The number of nitrogens with one attached hydrogen (secondary N) is 1. The van der Waals surface area contributed by atoms with Crippen molar-refractivity contribution in [2.45, 2.75) is 25.0 Å². The lowest BCUT2D eigenvalue weighted by Gasteiger charge is -2.07. The first kappa shape index (κ1) is 12.3. The summed E-state index contributed by atoms with van der Waals surface area (Å²) < 4.78 is 4.59. The second-order valence-corrected chi connectivity index (χ2v) is 4.23. The molecule has 0 spiro atoms. The Bertz CT molecular complexity index is 396. The summed E-state index contributed by atoms with van der Waals surface area (Å²) in [5, 5.41) is 0.457. The molecule has 2 heterocycles. The maximum absolute atomic E-state index is 11.1. The second kappa shape index (κ2) is 5.44. The summed E-state index contributed by atoms with van der Waals surface area (Å²) >= 11 is 5.71. The van der Waals surface area contributed by atoms with Gasteiger partial charge in [0.15, 0.2) is 0 Å². The molecule has 1 saturated heterocycles. The molecule has 1 fully saturated rings. The molecule has 1 aromatic heterocycles. The number of carbonyl (C=O) groups is 1. The highest BCUT2D eigenvalue weighted by atomic mass is 35.5. The third kappa shape index (κ3) is 3.15. The molecule has 2 unspecified atom stereocenters. The zero-order chi connectivity index (χ0) is 12.3. The predicted octanol–water partition coefficient (Wildman–Crippen LogP) is 1.63. The fourth-order valence-electron chi connectivity index (χ4n) is 1.73. The number of halogens is 1. The Hall–Kier alpha value is -1.17. The third-order valence-electron chi connectivity index (χ3n) is 2.65. The molecule has 0 saturated carbocycles. The average molecular weight is 257 g/mol. The van der Waals surface area contributed by atoms with Crippen molar-refractivity contribution < 1.29 is 14.4 Å².